The quantitative estimate of drug-likeness (QED) is 0.661. The minimum Gasteiger partial charge on any atom is -0.323 e. The van der Waals surface area contributed by atoms with Gasteiger partial charge in [-0.05, 0) is 18.2 Å². The summed E-state index contributed by atoms with van der Waals surface area (Å²) in [4.78, 5) is 3.59. The first kappa shape index (κ1) is 12.1. The van der Waals surface area contributed by atoms with E-state index < -0.39 is 17.9 Å². The average molecular weight is 306 g/mol. The summed E-state index contributed by atoms with van der Waals surface area (Å²) < 4.78 is 39.2. The highest BCUT2D eigenvalue weighted by molar-refractivity contribution is 9.10. The molecule has 0 spiro atoms. The van der Waals surface area contributed by atoms with Gasteiger partial charge in [0, 0.05) is 9.86 Å². The lowest BCUT2D eigenvalue weighted by Gasteiger charge is -2.10. The molecule has 0 amide bonds. The van der Waals surface area contributed by atoms with Crippen LogP contribution in [0.25, 0.3) is 10.9 Å². The van der Waals surface area contributed by atoms with Gasteiger partial charge in [-0.15, -0.1) is 0 Å². The van der Waals surface area contributed by atoms with E-state index in [2.05, 4.69) is 26.3 Å². The van der Waals surface area contributed by atoms with Crippen molar-refractivity contribution in [1.82, 2.24) is 4.98 Å². The van der Waals surface area contributed by atoms with Gasteiger partial charge in [-0.25, -0.2) is 18.2 Å². The van der Waals surface area contributed by atoms with Crippen LogP contribution < -0.4 is 11.3 Å². The van der Waals surface area contributed by atoms with Crippen LogP contribution in [0.2, 0.25) is 0 Å². The number of rotatable bonds is 2. The van der Waals surface area contributed by atoms with Crippen LogP contribution in [0.3, 0.4) is 0 Å². The molecule has 0 bridgehead atoms. The van der Waals surface area contributed by atoms with E-state index in [1.165, 1.54) is 6.07 Å². The number of fused-ring (bicyclic) bond motifs is 1. The number of benzene rings is 1. The Morgan fingerprint density at radius 1 is 1.35 bits per heavy atom. The molecule has 7 heteroatoms. The summed E-state index contributed by atoms with van der Waals surface area (Å²) in [6.45, 7) is 0. The zero-order chi connectivity index (χ0) is 12.6. The van der Waals surface area contributed by atoms with Crippen LogP contribution in [0.5, 0.6) is 0 Å². The fraction of sp³-hybridized carbons (Fsp3) is 0.100. The molecule has 90 valence electrons. The minimum absolute atomic E-state index is 0.148. The van der Waals surface area contributed by atoms with Gasteiger partial charge < -0.3 is 5.43 Å². The molecule has 0 aliphatic heterocycles. The Balaban J connectivity index is 2.87. The van der Waals surface area contributed by atoms with Gasteiger partial charge in [-0.1, -0.05) is 15.9 Å². The summed E-state index contributed by atoms with van der Waals surface area (Å²) >= 11 is 3.19. The van der Waals surface area contributed by atoms with E-state index in [4.69, 9.17) is 5.84 Å². The summed E-state index contributed by atoms with van der Waals surface area (Å²) in [5.41, 5.74) is 1.78. The van der Waals surface area contributed by atoms with Gasteiger partial charge in [0.25, 0.3) is 6.43 Å². The summed E-state index contributed by atoms with van der Waals surface area (Å²) in [5.74, 6) is 4.56. The number of aromatic nitrogens is 1. The first-order chi connectivity index (χ1) is 8.04. The van der Waals surface area contributed by atoms with Crippen molar-refractivity contribution in [2.24, 2.45) is 5.84 Å². The Bertz CT molecular complexity index is 574. The zero-order valence-electron chi connectivity index (χ0n) is 8.35. The third-order valence-corrected chi connectivity index (χ3v) is 2.92. The van der Waals surface area contributed by atoms with E-state index in [1.54, 1.807) is 0 Å². The maximum Gasteiger partial charge on any atom is 0.280 e. The Morgan fingerprint density at radius 2 is 2.06 bits per heavy atom. The van der Waals surface area contributed by atoms with Crippen molar-refractivity contribution in [2.45, 2.75) is 6.43 Å². The number of nitrogen functional groups attached to an aromatic ring is 1. The van der Waals surface area contributed by atoms with Crippen LogP contribution in [0.4, 0.5) is 18.9 Å². The second-order valence-electron chi connectivity index (χ2n) is 3.29. The van der Waals surface area contributed by atoms with Crippen molar-refractivity contribution in [3.05, 3.63) is 34.2 Å². The Kier molecular flexibility index (Phi) is 3.21. The molecule has 2 aromatic rings. The number of pyridine rings is 1. The van der Waals surface area contributed by atoms with Gasteiger partial charge >= 0.3 is 0 Å². The number of hydrogen-bond donors (Lipinski definition) is 2. The fourth-order valence-corrected chi connectivity index (χ4v) is 2.05. The molecule has 2 rings (SSSR count). The molecule has 0 atom stereocenters. The third kappa shape index (κ3) is 2.07. The predicted octanol–water partition coefficient (Wildman–Crippen LogP) is 3.36. The first-order valence-corrected chi connectivity index (χ1v) is 5.37. The fourth-order valence-electron chi connectivity index (χ4n) is 1.51. The van der Waals surface area contributed by atoms with Crippen LogP contribution in [0.1, 0.15) is 12.1 Å². The second kappa shape index (κ2) is 4.50. The van der Waals surface area contributed by atoms with Crippen LogP contribution >= 0.6 is 15.9 Å². The molecule has 0 saturated heterocycles. The number of anilines is 1. The monoisotopic (exact) mass is 305 g/mol. The molecular formula is C10H7BrF3N3. The smallest absolute Gasteiger partial charge is 0.280 e. The molecule has 17 heavy (non-hydrogen) atoms. The Hall–Kier alpha value is -1.34. The summed E-state index contributed by atoms with van der Waals surface area (Å²) in [5, 5.41) is 0.330. The van der Waals surface area contributed by atoms with Gasteiger partial charge in [0.2, 0.25) is 0 Å². The van der Waals surface area contributed by atoms with E-state index in [-0.39, 0.29) is 11.2 Å². The minimum atomic E-state index is -2.79. The van der Waals surface area contributed by atoms with Gasteiger partial charge in [0.05, 0.1) is 5.69 Å². The van der Waals surface area contributed by atoms with Gasteiger partial charge in [0.1, 0.15) is 17.0 Å². The van der Waals surface area contributed by atoms with E-state index in [0.717, 1.165) is 12.1 Å². The summed E-state index contributed by atoms with van der Waals surface area (Å²) in [6.07, 6.45) is -2.79. The molecule has 1 aromatic carbocycles. The highest BCUT2D eigenvalue weighted by Gasteiger charge is 2.16. The predicted molar refractivity (Wildman–Crippen MR) is 62.2 cm³/mol. The molecule has 0 fully saturated rings. The standard InChI is InChI=1S/C10H7BrF3N3/c11-4-1-2-5(12)9-8(4)6(17-15)3-7(16-9)10(13)14/h1-3,10H,15H2,(H,16,17). The number of hydrazine groups is 1. The molecule has 0 unspecified atom stereocenters. The molecule has 1 heterocycles. The van der Waals surface area contributed by atoms with Crippen molar-refractivity contribution < 1.29 is 13.2 Å². The lowest BCUT2D eigenvalue weighted by atomic mass is 10.1. The van der Waals surface area contributed by atoms with Gasteiger partial charge in [-0.2, -0.15) is 0 Å². The average Bonchev–Trinajstić information content (AvgIpc) is 2.32. The number of nitrogens with one attached hydrogen (secondary N) is 1. The maximum absolute atomic E-state index is 13.5. The van der Waals surface area contributed by atoms with Crippen molar-refractivity contribution in [2.75, 3.05) is 5.43 Å². The first-order valence-electron chi connectivity index (χ1n) is 4.58. The molecule has 1 aromatic heterocycles. The van der Waals surface area contributed by atoms with E-state index in [1.807, 2.05) is 0 Å². The molecule has 3 N–H and O–H groups in total. The second-order valence-corrected chi connectivity index (χ2v) is 4.15. The van der Waals surface area contributed by atoms with E-state index >= 15 is 0 Å². The SMILES string of the molecule is NNc1cc(C(F)F)nc2c(F)ccc(Br)c12. The Morgan fingerprint density at radius 3 is 2.65 bits per heavy atom. The van der Waals surface area contributed by atoms with Crippen molar-refractivity contribution in [1.29, 1.82) is 0 Å². The van der Waals surface area contributed by atoms with Crippen molar-refractivity contribution >= 4 is 32.5 Å². The number of nitrogens with two attached hydrogens (primary N) is 1. The molecule has 0 aliphatic rings. The molecule has 0 aliphatic carbocycles. The van der Waals surface area contributed by atoms with Crippen molar-refractivity contribution in [3.8, 4) is 0 Å². The third-order valence-electron chi connectivity index (χ3n) is 2.26. The lowest BCUT2D eigenvalue weighted by Crippen LogP contribution is -2.09. The van der Waals surface area contributed by atoms with Crippen LogP contribution in [0.15, 0.2) is 22.7 Å². The normalized spacial score (nSPS) is 11.2. The largest absolute Gasteiger partial charge is 0.323 e. The Labute approximate surface area is 103 Å². The molecular weight excluding hydrogens is 299 g/mol. The van der Waals surface area contributed by atoms with Gasteiger partial charge in [-0.3, -0.25) is 5.84 Å². The molecule has 0 radical (unpaired) electrons. The highest BCUT2D eigenvalue weighted by atomic mass is 79.9. The van der Waals surface area contributed by atoms with Crippen molar-refractivity contribution in [3.63, 3.8) is 0 Å². The number of alkyl halides is 2. The molecule has 3 nitrogen and oxygen atoms in total. The van der Waals surface area contributed by atoms with E-state index in [0.29, 0.717) is 9.86 Å². The number of hydrogen-bond acceptors (Lipinski definition) is 3. The van der Waals surface area contributed by atoms with Crippen LogP contribution in [-0.2, 0) is 0 Å². The van der Waals surface area contributed by atoms with E-state index in [9.17, 15) is 13.2 Å². The summed E-state index contributed by atoms with van der Waals surface area (Å²) in [6, 6.07) is 3.70. The topological polar surface area (TPSA) is 50.9 Å². The highest BCUT2D eigenvalue weighted by Crippen LogP contribution is 2.33. The zero-order valence-corrected chi connectivity index (χ0v) is 9.93. The summed E-state index contributed by atoms with van der Waals surface area (Å²) in [7, 11) is 0. The van der Waals surface area contributed by atoms with Crippen LogP contribution in [0, 0.1) is 5.82 Å². The van der Waals surface area contributed by atoms with Gasteiger partial charge in [0.15, 0.2) is 0 Å². The number of nitrogens with zero attached hydrogens (tertiary/aromatic N) is 1. The molecule has 0 saturated carbocycles. The lowest BCUT2D eigenvalue weighted by molar-refractivity contribution is 0.146. The van der Waals surface area contributed by atoms with Crippen LogP contribution in [-0.4, -0.2) is 4.98 Å². The maximum atomic E-state index is 13.5. The number of halogens is 4.